The molecular formula is C11H16N6. The molecule has 1 unspecified atom stereocenters. The van der Waals surface area contributed by atoms with Gasteiger partial charge in [-0.05, 0) is 25.6 Å². The zero-order chi connectivity index (χ0) is 12.1. The molecule has 2 aromatic rings. The number of hydrogen-bond acceptors (Lipinski definition) is 5. The largest absolute Gasteiger partial charge is 0.313 e. The first-order valence-corrected chi connectivity index (χ1v) is 5.65. The van der Waals surface area contributed by atoms with E-state index in [2.05, 4.69) is 32.5 Å². The third-order valence-corrected chi connectivity index (χ3v) is 2.74. The van der Waals surface area contributed by atoms with Gasteiger partial charge in [-0.2, -0.15) is 15.3 Å². The molecule has 2 heterocycles. The van der Waals surface area contributed by atoms with Gasteiger partial charge in [0.25, 0.3) is 0 Å². The van der Waals surface area contributed by atoms with Crippen LogP contribution >= 0.6 is 0 Å². The van der Waals surface area contributed by atoms with E-state index in [1.807, 2.05) is 17.8 Å². The maximum absolute atomic E-state index is 4.28. The maximum atomic E-state index is 4.28. The van der Waals surface area contributed by atoms with Gasteiger partial charge in [0.1, 0.15) is 12.2 Å². The summed E-state index contributed by atoms with van der Waals surface area (Å²) in [5, 5.41) is 15.1. The Morgan fingerprint density at radius 1 is 1.41 bits per heavy atom. The highest BCUT2D eigenvalue weighted by Crippen LogP contribution is 2.15. The molecule has 2 rings (SSSR count). The average molecular weight is 232 g/mol. The standard InChI is InChI=1S/C11H16N6/c1-3-17-11(13-8-16-17)6-10(12-2)9-4-5-14-15-7-9/h4-5,7-8,10,12H,3,6H2,1-2H3. The molecule has 0 fully saturated rings. The lowest BCUT2D eigenvalue weighted by atomic mass is 10.1. The summed E-state index contributed by atoms with van der Waals surface area (Å²) in [6, 6.07) is 2.14. The molecule has 0 aliphatic carbocycles. The zero-order valence-corrected chi connectivity index (χ0v) is 10.0. The molecule has 0 spiro atoms. The Balaban J connectivity index is 2.16. The highest BCUT2D eigenvalue weighted by atomic mass is 15.3. The fourth-order valence-electron chi connectivity index (χ4n) is 1.79. The summed E-state index contributed by atoms with van der Waals surface area (Å²) >= 11 is 0. The number of nitrogens with zero attached hydrogens (tertiary/aromatic N) is 5. The lowest BCUT2D eigenvalue weighted by molar-refractivity contribution is 0.531. The van der Waals surface area contributed by atoms with Gasteiger partial charge in [0.2, 0.25) is 0 Å². The van der Waals surface area contributed by atoms with E-state index in [4.69, 9.17) is 0 Å². The Morgan fingerprint density at radius 3 is 2.94 bits per heavy atom. The summed E-state index contributed by atoms with van der Waals surface area (Å²) in [4.78, 5) is 4.28. The highest BCUT2D eigenvalue weighted by Gasteiger charge is 2.13. The molecule has 0 saturated heterocycles. The van der Waals surface area contributed by atoms with E-state index in [0.29, 0.717) is 0 Å². The van der Waals surface area contributed by atoms with Gasteiger partial charge in [-0.15, -0.1) is 0 Å². The van der Waals surface area contributed by atoms with Gasteiger partial charge in [0.05, 0.1) is 6.20 Å². The van der Waals surface area contributed by atoms with E-state index in [1.54, 1.807) is 18.7 Å². The van der Waals surface area contributed by atoms with Crippen LogP contribution in [-0.2, 0) is 13.0 Å². The minimum absolute atomic E-state index is 0.181. The Kier molecular flexibility index (Phi) is 3.77. The lowest BCUT2D eigenvalue weighted by Crippen LogP contribution is -2.21. The summed E-state index contributed by atoms with van der Waals surface area (Å²) in [6.07, 6.45) is 5.85. The number of likely N-dealkylation sites (N-methyl/N-ethyl adjacent to an activating group) is 1. The molecule has 0 aliphatic rings. The van der Waals surface area contributed by atoms with Crippen LogP contribution in [0, 0.1) is 0 Å². The van der Waals surface area contributed by atoms with Gasteiger partial charge >= 0.3 is 0 Å². The molecule has 1 N–H and O–H groups in total. The van der Waals surface area contributed by atoms with Gasteiger partial charge in [0, 0.05) is 25.2 Å². The minimum Gasteiger partial charge on any atom is -0.313 e. The molecule has 0 bridgehead atoms. The number of nitrogens with one attached hydrogen (secondary N) is 1. The summed E-state index contributed by atoms with van der Waals surface area (Å²) in [5.74, 6) is 0.976. The fourth-order valence-corrected chi connectivity index (χ4v) is 1.79. The van der Waals surface area contributed by atoms with Crippen LogP contribution in [0.15, 0.2) is 24.8 Å². The van der Waals surface area contributed by atoms with Gasteiger partial charge < -0.3 is 5.32 Å². The van der Waals surface area contributed by atoms with E-state index in [1.165, 1.54) is 0 Å². The molecule has 6 heteroatoms. The van der Waals surface area contributed by atoms with Crippen molar-refractivity contribution >= 4 is 0 Å². The van der Waals surface area contributed by atoms with Crippen molar-refractivity contribution in [1.82, 2.24) is 30.3 Å². The Labute approximate surface area is 100 Å². The van der Waals surface area contributed by atoms with E-state index in [9.17, 15) is 0 Å². The van der Waals surface area contributed by atoms with Gasteiger partial charge in [-0.3, -0.25) is 4.68 Å². The predicted octanol–water partition coefficient (Wildman–Crippen LogP) is 0.591. The Morgan fingerprint density at radius 2 is 2.29 bits per heavy atom. The predicted molar refractivity (Wildman–Crippen MR) is 63.2 cm³/mol. The molecule has 0 aliphatic heterocycles. The molecule has 2 aromatic heterocycles. The molecule has 90 valence electrons. The first-order chi connectivity index (χ1) is 8.35. The van der Waals surface area contributed by atoms with E-state index in [0.717, 1.165) is 24.4 Å². The van der Waals surface area contributed by atoms with Crippen molar-refractivity contribution in [1.29, 1.82) is 0 Å². The number of aromatic nitrogens is 5. The Bertz CT molecular complexity index is 452. The van der Waals surface area contributed by atoms with Crippen molar-refractivity contribution in [2.75, 3.05) is 7.05 Å². The molecule has 0 aromatic carbocycles. The average Bonchev–Trinajstić information content (AvgIpc) is 2.84. The van der Waals surface area contributed by atoms with Crippen LogP contribution in [0.3, 0.4) is 0 Å². The smallest absolute Gasteiger partial charge is 0.138 e. The van der Waals surface area contributed by atoms with Gasteiger partial charge in [-0.25, -0.2) is 4.98 Å². The summed E-state index contributed by atoms with van der Waals surface area (Å²) in [7, 11) is 1.93. The normalized spacial score (nSPS) is 12.6. The molecule has 0 radical (unpaired) electrons. The monoisotopic (exact) mass is 232 g/mol. The molecule has 6 nitrogen and oxygen atoms in total. The molecular weight excluding hydrogens is 216 g/mol. The Hall–Kier alpha value is -1.82. The van der Waals surface area contributed by atoms with Crippen molar-refractivity contribution in [2.24, 2.45) is 0 Å². The fraction of sp³-hybridized carbons (Fsp3) is 0.455. The first kappa shape index (κ1) is 11.7. The van der Waals surface area contributed by atoms with Gasteiger partial charge in [0.15, 0.2) is 0 Å². The maximum Gasteiger partial charge on any atom is 0.138 e. The lowest BCUT2D eigenvalue weighted by Gasteiger charge is -2.15. The molecule has 17 heavy (non-hydrogen) atoms. The molecule has 1 atom stereocenters. The number of hydrogen-bond donors (Lipinski definition) is 1. The second kappa shape index (κ2) is 5.49. The SMILES string of the molecule is CCn1ncnc1CC(NC)c1ccnnc1. The highest BCUT2D eigenvalue weighted by molar-refractivity contribution is 5.13. The summed E-state index contributed by atoms with van der Waals surface area (Å²) in [6.45, 7) is 2.89. The van der Waals surface area contributed by atoms with E-state index in [-0.39, 0.29) is 6.04 Å². The van der Waals surface area contributed by atoms with E-state index < -0.39 is 0 Å². The second-order valence-corrected chi connectivity index (χ2v) is 3.71. The van der Waals surface area contributed by atoms with Crippen LogP contribution in [0.4, 0.5) is 0 Å². The first-order valence-electron chi connectivity index (χ1n) is 5.65. The zero-order valence-electron chi connectivity index (χ0n) is 10.0. The van der Waals surface area contributed by atoms with Crippen molar-refractivity contribution in [3.05, 3.63) is 36.2 Å². The second-order valence-electron chi connectivity index (χ2n) is 3.71. The number of aryl methyl sites for hydroxylation is 1. The molecule has 0 saturated carbocycles. The summed E-state index contributed by atoms with van der Waals surface area (Å²) < 4.78 is 1.90. The van der Waals surface area contributed by atoms with Crippen molar-refractivity contribution in [2.45, 2.75) is 25.9 Å². The van der Waals surface area contributed by atoms with E-state index >= 15 is 0 Å². The quantitative estimate of drug-likeness (QED) is 0.817. The van der Waals surface area contributed by atoms with Crippen LogP contribution in [0.25, 0.3) is 0 Å². The van der Waals surface area contributed by atoms with Crippen LogP contribution in [0.2, 0.25) is 0 Å². The van der Waals surface area contributed by atoms with Gasteiger partial charge in [-0.1, -0.05) is 0 Å². The third-order valence-electron chi connectivity index (χ3n) is 2.74. The van der Waals surface area contributed by atoms with Crippen molar-refractivity contribution < 1.29 is 0 Å². The molecule has 0 amide bonds. The topological polar surface area (TPSA) is 68.5 Å². The van der Waals surface area contributed by atoms with Crippen LogP contribution in [0.1, 0.15) is 24.4 Å². The van der Waals surface area contributed by atoms with Crippen molar-refractivity contribution in [3.63, 3.8) is 0 Å². The van der Waals surface area contributed by atoms with Crippen LogP contribution in [-0.4, -0.2) is 32.0 Å². The third kappa shape index (κ3) is 2.65. The summed E-state index contributed by atoms with van der Waals surface area (Å²) in [5.41, 5.74) is 1.10. The van der Waals surface area contributed by atoms with Crippen LogP contribution < -0.4 is 5.32 Å². The number of rotatable bonds is 5. The van der Waals surface area contributed by atoms with Crippen LogP contribution in [0.5, 0.6) is 0 Å². The minimum atomic E-state index is 0.181. The van der Waals surface area contributed by atoms with Crippen molar-refractivity contribution in [3.8, 4) is 0 Å².